The first kappa shape index (κ1) is 19.8. The van der Waals surface area contributed by atoms with Gasteiger partial charge in [0.05, 0.1) is 6.42 Å². The predicted octanol–water partition coefficient (Wildman–Crippen LogP) is 5.17. The number of thiocarbonyl (C=S) groups is 1. The number of nitrogens with zero attached hydrogens (tertiary/aromatic N) is 1. The van der Waals surface area contributed by atoms with Crippen LogP contribution in [-0.2, 0) is 11.2 Å². The van der Waals surface area contributed by atoms with Gasteiger partial charge in [0.1, 0.15) is 5.52 Å². The summed E-state index contributed by atoms with van der Waals surface area (Å²) >= 11 is 5.31. The third-order valence-electron chi connectivity index (χ3n) is 4.77. The first-order valence-corrected chi connectivity index (χ1v) is 10.0. The van der Waals surface area contributed by atoms with Crippen LogP contribution >= 0.6 is 12.2 Å². The average molecular weight is 416 g/mol. The van der Waals surface area contributed by atoms with Crippen LogP contribution in [0.5, 0.6) is 0 Å². The molecular formula is C24H21N3O2S. The number of nitrogens with one attached hydrogen (secondary N) is 2. The summed E-state index contributed by atoms with van der Waals surface area (Å²) in [4.78, 5) is 16.9. The highest BCUT2D eigenvalue weighted by atomic mass is 32.1. The van der Waals surface area contributed by atoms with Gasteiger partial charge in [-0.2, -0.15) is 0 Å². The summed E-state index contributed by atoms with van der Waals surface area (Å²) in [7, 11) is 0. The van der Waals surface area contributed by atoms with Crippen molar-refractivity contribution in [2.24, 2.45) is 0 Å². The summed E-state index contributed by atoms with van der Waals surface area (Å²) in [5, 5.41) is 6.04. The van der Waals surface area contributed by atoms with E-state index in [9.17, 15) is 4.79 Å². The molecule has 4 rings (SSSR count). The summed E-state index contributed by atoms with van der Waals surface area (Å²) in [5.41, 5.74) is 6.14. The van der Waals surface area contributed by atoms with Crippen molar-refractivity contribution in [3.8, 4) is 11.5 Å². The fraction of sp³-hybridized carbons (Fsp3) is 0.125. The minimum Gasteiger partial charge on any atom is -0.436 e. The molecule has 6 heteroatoms. The van der Waals surface area contributed by atoms with Crippen LogP contribution < -0.4 is 10.6 Å². The Morgan fingerprint density at radius 2 is 1.73 bits per heavy atom. The van der Waals surface area contributed by atoms with E-state index in [0.29, 0.717) is 5.89 Å². The number of rotatable bonds is 4. The summed E-state index contributed by atoms with van der Waals surface area (Å²) in [6.45, 7) is 3.98. The van der Waals surface area contributed by atoms with Gasteiger partial charge in [-0.3, -0.25) is 4.79 Å². The second-order valence-corrected chi connectivity index (χ2v) is 7.55. The molecule has 0 aliphatic carbocycles. The van der Waals surface area contributed by atoms with Gasteiger partial charge in [-0.25, -0.2) is 4.98 Å². The monoisotopic (exact) mass is 415 g/mol. The highest BCUT2D eigenvalue weighted by molar-refractivity contribution is 7.80. The van der Waals surface area contributed by atoms with Crippen molar-refractivity contribution >= 4 is 40.0 Å². The summed E-state index contributed by atoms with van der Waals surface area (Å²) in [5.74, 6) is 0.418. The summed E-state index contributed by atoms with van der Waals surface area (Å²) in [6, 6.07) is 21.3. The molecule has 1 aromatic heterocycles. The van der Waals surface area contributed by atoms with E-state index in [1.165, 1.54) is 0 Å². The molecule has 1 amide bonds. The van der Waals surface area contributed by atoms with Gasteiger partial charge >= 0.3 is 0 Å². The molecule has 0 unspecified atom stereocenters. The van der Waals surface area contributed by atoms with Crippen LogP contribution in [0.1, 0.15) is 16.7 Å². The summed E-state index contributed by atoms with van der Waals surface area (Å²) < 4.78 is 6.02. The lowest BCUT2D eigenvalue weighted by atomic mass is 10.1. The third-order valence-corrected chi connectivity index (χ3v) is 4.97. The van der Waals surface area contributed by atoms with Crippen LogP contribution in [-0.4, -0.2) is 16.0 Å². The number of oxazole rings is 1. The Bertz CT molecular complexity index is 1230. The zero-order chi connectivity index (χ0) is 21.1. The molecule has 150 valence electrons. The fourth-order valence-corrected chi connectivity index (χ4v) is 3.55. The molecule has 0 aliphatic heterocycles. The summed E-state index contributed by atoms with van der Waals surface area (Å²) in [6.07, 6.45) is 0.268. The highest BCUT2D eigenvalue weighted by Crippen LogP contribution is 2.30. The van der Waals surface area contributed by atoms with Crippen molar-refractivity contribution in [3.05, 3.63) is 83.4 Å². The molecule has 0 saturated heterocycles. The maximum atomic E-state index is 12.2. The maximum absolute atomic E-state index is 12.2. The van der Waals surface area contributed by atoms with Crippen molar-refractivity contribution in [2.45, 2.75) is 20.3 Å². The zero-order valence-electron chi connectivity index (χ0n) is 16.7. The standard InChI is InChI=1S/C24H21N3O2S/c1-15-8-6-7-11-19(15)23-26-20-14-18(12-16(2)22(20)29-23)25-24(30)27-21(28)13-17-9-4-3-5-10-17/h3-12,14H,13H2,1-2H3,(H2,25,27,28,30). The largest absolute Gasteiger partial charge is 0.436 e. The lowest BCUT2D eigenvalue weighted by Gasteiger charge is -2.10. The van der Waals surface area contributed by atoms with Crippen LogP contribution in [0.2, 0.25) is 0 Å². The molecule has 1 heterocycles. The van der Waals surface area contributed by atoms with Gasteiger partial charge in [-0.15, -0.1) is 0 Å². The van der Waals surface area contributed by atoms with Gasteiger partial charge < -0.3 is 15.1 Å². The Kier molecular flexibility index (Phi) is 5.59. The van der Waals surface area contributed by atoms with E-state index in [2.05, 4.69) is 15.6 Å². The lowest BCUT2D eigenvalue weighted by molar-refractivity contribution is -0.119. The number of aryl methyl sites for hydroxylation is 2. The minimum atomic E-state index is -0.167. The number of amides is 1. The molecular weight excluding hydrogens is 394 g/mol. The van der Waals surface area contributed by atoms with E-state index >= 15 is 0 Å². The van der Waals surface area contributed by atoms with Crippen molar-refractivity contribution in [3.63, 3.8) is 0 Å². The number of carbonyl (C=O) groups excluding carboxylic acids is 1. The molecule has 0 spiro atoms. The smallest absolute Gasteiger partial charge is 0.230 e. The van der Waals surface area contributed by atoms with E-state index < -0.39 is 0 Å². The van der Waals surface area contributed by atoms with Gasteiger partial charge in [-0.1, -0.05) is 48.5 Å². The maximum Gasteiger partial charge on any atom is 0.230 e. The lowest BCUT2D eigenvalue weighted by Crippen LogP contribution is -2.35. The van der Waals surface area contributed by atoms with Crippen LogP contribution in [0.15, 0.2) is 71.1 Å². The van der Waals surface area contributed by atoms with Crippen LogP contribution in [0.25, 0.3) is 22.6 Å². The Morgan fingerprint density at radius 1 is 1.00 bits per heavy atom. The SMILES string of the molecule is Cc1ccccc1-c1nc2cc(NC(=S)NC(=O)Cc3ccccc3)cc(C)c2o1. The van der Waals surface area contributed by atoms with E-state index in [0.717, 1.165) is 39.0 Å². The first-order chi connectivity index (χ1) is 14.5. The molecule has 0 atom stereocenters. The number of benzene rings is 3. The highest BCUT2D eigenvalue weighted by Gasteiger charge is 2.14. The van der Waals surface area contributed by atoms with E-state index in [4.69, 9.17) is 16.6 Å². The average Bonchev–Trinajstić information content (AvgIpc) is 3.13. The molecule has 0 aliphatic rings. The number of aromatic nitrogens is 1. The Hall–Kier alpha value is -3.51. The Labute approximate surface area is 180 Å². The number of carbonyl (C=O) groups is 1. The number of hydrogen-bond acceptors (Lipinski definition) is 4. The van der Waals surface area contributed by atoms with Crippen molar-refractivity contribution in [1.29, 1.82) is 0 Å². The Morgan fingerprint density at radius 3 is 2.50 bits per heavy atom. The van der Waals surface area contributed by atoms with Gasteiger partial charge in [0.25, 0.3) is 0 Å². The normalized spacial score (nSPS) is 10.7. The Balaban J connectivity index is 1.50. The second-order valence-electron chi connectivity index (χ2n) is 7.14. The number of anilines is 1. The van der Waals surface area contributed by atoms with E-state index in [1.807, 2.05) is 80.6 Å². The molecule has 30 heavy (non-hydrogen) atoms. The molecule has 3 aromatic carbocycles. The van der Waals surface area contributed by atoms with Gasteiger partial charge in [0.2, 0.25) is 11.8 Å². The van der Waals surface area contributed by atoms with Gasteiger partial charge in [0, 0.05) is 11.3 Å². The quantitative estimate of drug-likeness (QED) is 0.450. The molecule has 5 nitrogen and oxygen atoms in total. The fourth-order valence-electron chi connectivity index (χ4n) is 3.31. The van der Waals surface area contributed by atoms with Crippen molar-refractivity contribution < 1.29 is 9.21 Å². The predicted molar refractivity (Wildman–Crippen MR) is 123 cm³/mol. The molecule has 0 radical (unpaired) electrons. The molecule has 4 aromatic rings. The van der Waals surface area contributed by atoms with Crippen molar-refractivity contribution in [2.75, 3.05) is 5.32 Å². The second kappa shape index (κ2) is 8.47. The zero-order valence-corrected chi connectivity index (χ0v) is 17.5. The van der Waals surface area contributed by atoms with Gasteiger partial charge in [0.15, 0.2) is 10.7 Å². The van der Waals surface area contributed by atoms with Crippen LogP contribution in [0.3, 0.4) is 0 Å². The molecule has 2 N–H and O–H groups in total. The van der Waals surface area contributed by atoms with E-state index in [1.54, 1.807) is 0 Å². The van der Waals surface area contributed by atoms with Crippen LogP contribution in [0.4, 0.5) is 5.69 Å². The number of fused-ring (bicyclic) bond motifs is 1. The van der Waals surface area contributed by atoms with Crippen molar-refractivity contribution in [1.82, 2.24) is 10.3 Å². The molecule has 0 bridgehead atoms. The topological polar surface area (TPSA) is 67.2 Å². The third kappa shape index (κ3) is 4.39. The minimum absolute atomic E-state index is 0.167. The number of hydrogen-bond donors (Lipinski definition) is 2. The molecule has 0 saturated carbocycles. The van der Waals surface area contributed by atoms with Crippen LogP contribution in [0, 0.1) is 13.8 Å². The molecule has 0 fully saturated rings. The first-order valence-electron chi connectivity index (χ1n) is 9.61. The van der Waals surface area contributed by atoms with E-state index in [-0.39, 0.29) is 17.4 Å². The van der Waals surface area contributed by atoms with Gasteiger partial charge in [-0.05, 0) is 61.0 Å².